The van der Waals surface area contributed by atoms with Gasteiger partial charge >= 0.3 is 0 Å². The topological polar surface area (TPSA) is 75.2 Å². The summed E-state index contributed by atoms with van der Waals surface area (Å²) in [5, 5.41) is 2.75. The summed E-state index contributed by atoms with van der Waals surface area (Å²) in [7, 11) is 0. The predicted octanol–water partition coefficient (Wildman–Crippen LogP) is 0.497. The van der Waals surface area contributed by atoms with Crippen molar-refractivity contribution < 1.29 is 9.59 Å². The molecule has 1 saturated heterocycles. The summed E-state index contributed by atoms with van der Waals surface area (Å²) in [5.74, 6) is -0.240. The molecule has 6 heteroatoms. The molecular formula is C12H16N4O2. The van der Waals surface area contributed by atoms with E-state index in [0.29, 0.717) is 12.1 Å². The lowest BCUT2D eigenvalue weighted by Gasteiger charge is -2.36. The van der Waals surface area contributed by atoms with Crippen LogP contribution in [0.25, 0.3) is 0 Å². The summed E-state index contributed by atoms with van der Waals surface area (Å²) in [6, 6.07) is -0.976. The number of aromatic nitrogens is 2. The van der Waals surface area contributed by atoms with Crippen LogP contribution in [0.4, 0.5) is 5.69 Å². The number of nitrogens with one attached hydrogen (secondary N) is 1. The number of hydrogen-bond donors (Lipinski definition) is 1. The van der Waals surface area contributed by atoms with Gasteiger partial charge in [-0.05, 0) is 13.3 Å². The maximum absolute atomic E-state index is 12.3. The zero-order valence-corrected chi connectivity index (χ0v) is 10.5. The quantitative estimate of drug-likeness (QED) is 0.845. The predicted molar refractivity (Wildman–Crippen MR) is 65.8 cm³/mol. The molecule has 0 aliphatic carbocycles. The second-order valence-electron chi connectivity index (χ2n) is 4.33. The molecular weight excluding hydrogens is 232 g/mol. The lowest BCUT2D eigenvalue weighted by atomic mass is 10.0. The van der Waals surface area contributed by atoms with Gasteiger partial charge in [-0.15, -0.1) is 0 Å². The number of carbonyl (C=O) groups is 2. The molecule has 1 aromatic heterocycles. The molecule has 1 aromatic rings. The zero-order chi connectivity index (χ0) is 13.1. The van der Waals surface area contributed by atoms with Gasteiger partial charge < -0.3 is 5.32 Å². The Morgan fingerprint density at radius 3 is 2.61 bits per heavy atom. The molecule has 2 amide bonds. The van der Waals surface area contributed by atoms with Gasteiger partial charge in [-0.25, -0.2) is 9.97 Å². The van der Waals surface area contributed by atoms with E-state index >= 15 is 0 Å². The largest absolute Gasteiger partial charge is 0.342 e. The molecule has 96 valence electrons. The van der Waals surface area contributed by atoms with Gasteiger partial charge in [0.1, 0.15) is 18.4 Å². The van der Waals surface area contributed by atoms with Crippen molar-refractivity contribution in [3.8, 4) is 0 Å². The van der Waals surface area contributed by atoms with Gasteiger partial charge in [0, 0.05) is 0 Å². The Hall–Kier alpha value is -1.98. The fraction of sp³-hybridized carbons (Fsp3) is 0.500. The first-order valence-electron chi connectivity index (χ1n) is 6.03. The standard InChI is InChI=1S/C12H16N4O2/c1-3-4-10-12(18)16(8(2)11(17)15-10)9-5-13-7-14-6-9/h5-8,10H,3-4H2,1-2H3,(H,15,17). The van der Waals surface area contributed by atoms with Crippen LogP contribution in [0.1, 0.15) is 26.7 Å². The second kappa shape index (κ2) is 5.12. The van der Waals surface area contributed by atoms with Gasteiger partial charge in [0.2, 0.25) is 11.8 Å². The Balaban J connectivity index is 2.31. The minimum absolute atomic E-state index is 0.0984. The van der Waals surface area contributed by atoms with Crippen LogP contribution in [0.2, 0.25) is 0 Å². The van der Waals surface area contributed by atoms with Gasteiger partial charge in [0.25, 0.3) is 0 Å². The molecule has 18 heavy (non-hydrogen) atoms. The molecule has 0 saturated carbocycles. The number of nitrogens with zero attached hydrogens (tertiary/aromatic N) is 3. The van der Waals surface area contributed by atoms with Gasteiger partial charge in [-0.3, -0.25) is 14.5 Å². The van der Waals surface area contributed by atoms with Crippen LogP contribution in [0.3, 0.4) is 0 Å². The molecule has 1 aliphatic rings. The number of carbonyl (C=O) groups excluding carboxylic acids is 2. The molecule has 1 N–H and O–H groups in total. The lowest BCUT2D eigenvalue weighted by molar-refractivity contribution is -0.133. The summed E-state index contributed by atoms with van der Waals surface area (Å²) in [4.78, 5) is 33.4. The maximum atomic E-state index is 12.3. The van der Waals surface area contributed by atoms with Gasteiger partial charge in [-0.1, -0.05) is 13.3 Å². The van der Waals surface area contributed by atoms with Crippen molar-refractivity contribution in [2.45, 2.75) is 38.8 Å². The van der Waals surface area contributed by atoms with Crippen LogP contribution in [0.15, 0.2) is 18.7 Å². The molecule has 2 heterocycles. The van der Waals surface area contributed by atoms with E-state index < -0.39 is 12.1 Å². The average Bonchev–Trinajstić information content (AvgIpc) is 2.38. The van der Waals surface area contributed by atoms with Crippen LogP contribution in [0, 0.1) is 0 Å². The van der Waals surface area contributed by atoms with E-state index in [1.807, 2.05) is 6.92 Å². The Labute approximate surface area is 105 Å². The number of anilines is 1. The van der Waals surface area contributed by atoms with Crippen molar-refractivity contribution in [1.82, 2.24) is 15.3 Å². The van der Waals surface area contributed by atoms with Crippen LogP contribution in [-0.2, 0) is 9.59 Å². The van der Waals surface area contributed by atoms with E-state index in [-0.39, 0.29) is 11.8 Å². The summed E-state index contributed by atoms with van der Waals surface area (Å²) in [6.45, 7) is 3.68. The molecule has 0 radical (unpaired) electrons. The van der Waals surface area contributed by atoms with Crippen molar-refractivity contribution in [2.24, 2.45) is 0 Å². The van der Waals surface area contributed by atoms with Crippen molar-refractivity contribution in [2.75, 3.05) is 4.90 Å². The normalized spacial score (nSPS) is 24.0. The Bertz CT molecular complexity index is 449. The highest BCUT2D eigenvalue weighted by molar-refractivity contribution is 6.08. The first kappa shape index (κ1) is 12.5. The third kappa shape index (κ3) is 2.18. The summed E-state index contributed by atoms with van der Waals surface area (Å²) in [5.41, 5.74) is 0.561. The van der Waals surface area contributed by atoms with E-state index in [1.165, 1.54) is 11.2 Å². The van der Waals surface area contributed by atoms with Crippen molar-refractivity contribution >= 4 is 17.5 Å². The van der Waals surface area contributed by atoms with Crippen LogP contribution in [-0.4, -0.2) is 33.9 Å². The lowest BCUT2D eigenvalue weighted by Crippen LogP contribution is -2.62. The van der Waals surface area contributed by atoms with Gasteiger partial charge in [0.05, 0.1) is 18.1 Å². The van der Waals surface area contributed by atoms with Crippen LogP contribution in [0.5, 0.6) is 0 Å². The second-order valence-corrected chi connectivity index (χ2v) is 4.33. The zero-order valence-electron chi connectivity index (χ0n) is 10.5. The molecule has 2 atom stereocenters. The van der Waals surface area contributed by atoms with Crippen molar-refractivity contribution in [3.63, 3.8) is 0 Å². The number of rotatable bonds is 3. The molecule has 6 nitrogen and oxygen atoms in total. The third-order valence-electron chi connectivity index (χ3n) is 3.02. The van der Waals surface area contributed by atoms with Crippen LogP contribution >= 0.6 is 0 Å². The highest BCUT2D eigenvalue weighted by Crippen LogP contribution is 2.20. The fourth-order valence-electron chi connectivity index (χ4n) is 2.08. The summed E-state index contributed by atoms with van der Waals surface area (Å²) < 4.78 is 0. The summed E-state index contributed by atoms with van der Waals surface area (Å²) >= 11 is 0. The molecule has 0 spiro atoms. The number of piperazine rings is 1. The molecule has 2 rings (SSSR count). The monoisotopic (exact) mass is 248 g/mol. The Morgan fingerprint density at radius 1 is 1.33 bits per heavy atom. The van der Waals surface area contributed by atoms with E-state index in [0.717, 1.165) is 6.42 Å². The minimum Gasteiger partial charge on any atom is -0.342 e. The highest BCUT2D eigenvalue weighted by Gasteiger charge is 2.38. The van der Waals surface area contributed by atoms with Crippen molar-refractivity contribution in [3.05, 3.63) is 18.7 Å². The SMILES string of the molecule is CCCC1NC(=O)C(C)N(c2cncnc2)C1=O. The Morgan fingerprint density at radius 2 is 2.00 bits per heavy atom. The van der Waals surface area contributed by atoms with Gasteiger partial charge in [-0.2, -0.15) is 0 Å². The first-order chi connectivity index (χ1) is 8.65. The molecule has 0 aromatic carbocycles. The molecule has 1 fully saturated rings. The van der Waals surface area contributed by atoms with Gasteiger partial charge in [0.15, 0.2) is 0 Å². The third-order valence-corrected chi connectivity index (χ3v) is 3.02. The average molecular weight is 248 g/mol. The molecule has 1 aliphatic heterocycles. The number of amides is 2. The van der Waals surface area contributed by atoms with Crippen LogP contribution < -0.4 is 10.2 Å². The molecule has 0 bridgehead atoms. The fourth-order valence-corrected chi connectivity index (χ4v) is 2.08. The van der Waals surface area contributed by atoms with E-state index in [2.05, 4.69) is 15.3 Å². The van der Waals surface area contributed by atoms with E-state index in [1.54, 1.807) is 19.3 Å². The maximum Gasteiger partial charge on any atom is 0.250 e. The number of hydrogen-bond acceptors (Lipinski definition) is 4. The van der Waals surface area contributed by atoms with E-state index in [4.69, 9.17) is 0 Å². The summed E-state index contributed by atoms with van der Waals surface area (Å²) in [6.07, 6.45) is 5.96. The van der Waals surface area contributed by atoms with E-state index in [9.17, 15) is 9.59 Å². The van der Waals surface area contributed by atoms with Crippen molar-refractivity contribution in [1.29, 1.82) is 0 Å². The smallest absolute Gasteiger partial charge is 0.250 e. The highest BCUT2D eigenvalue weighted by atomic mass is 16.2. The first-order valence-corrected chi connectivity index (χ1v) is 6.03. The minimum atomic E-state index is -0.531. The molecule has 2 unspecified atom stereocenters. The Kier molecular flexibility index (Phi) is 3.55.